The van der Waals surface area contributed by atoms with E-state index in [1.54, 1.807) is 7.11 Å². The number of carbonyl (C=O) groups is 3. The molecule has 1 heterocycles. The molecule has 0 radical (unpaired) electrons. The van der Waals surface area contributed by atoms with Gasteiger partial charge in [-0.25, -0.2) is 4.79 Å². The fourth-order valence-electron chi connectivity index (χ4n) is 3.78. The lowest BCUT2D eigenvalue weighted by Gasteiger charge is -2.21. The van der Waals surface area contributed by atoms with Gasteiger partial charge in [0.1, 0.15) is 17.8 Å². The van der Waals surface area contributed by atoms with E-state index in [2.05, 4.69) is 10.6 Å². The van der Waals surface area contributed by atoms with Gasteiger partial charge in [0.15, 0.2) is 0 Å². The molecule has 1 saturated carbocycles. The average molecular weight is 359 g/mol. The van der Waals surface area contributed by atoms with Gasteiger partial charge < -0.3 is 15.4 Å². The van der Waals surface area contributed by atoms with E-state index in [0.29, 0.717) is 19.3 Å². The summed E-state index contributed by atoms with van der Waals surface area (Å²) >= 11 is 0. The van der Waals surface area contributed by atoms with Gasteiger partial charge in [-0.2, -0.15) is 0 Å². The summed E-state index contributed by atoms with van der Waals surface area (Å²) < 4.78 is 5.15. The van der Waals surface area contributed by atoms with E-state index in [-0.39, 0.29) is 24.4 Å². The Kier molecular flexibility index (Phi) is 5.15. The molecule has 1 spiro atoms. The number of ether oxygens (including phenoxy) is 1. The number of nitrogens with one attached hydrogen (secondary N) is 2. The van der Waals surface area contributed by atoms with Crippen LogP contribution in [-0.4, -0.2) is 41.9 Å². The first kappa shape index (κ1) is 18.2. The van der Waals surface area contributed by atoms with Crippen LogP contribution in [0.1, 0.15) is 50.6 Å². The number of imide groups is 1. The highest BCUT2D eigenvalue weighted by Crippen LogP contribution is 2.34. The van der Waals surface area contributed by atoms with Crippen molar-refractivity contribution in [2.75, 3.05) is 13.7 Å². The number of amides is 4. The Morgan fingerprint density at radius 3 is 2.50 bits per heavy atom. The lowest BCUT2D eigenvalue weighted by atomic mass is 9.98. The molecular weight excluding hydrogens is 334 g/mol. The van der Waals surface area contributed by atoms with Crippen molar-refractivity contribution < 1.29 is 19.1 Å². The molecule has 0 aromatic heterocycles. The third kappa shape index (κ3) is 3.38. The van der Waals surface area contributed by atoms with E-state index < -0.39 is 11.6 Å². The molecule has 26 heavy (non-hydrogen) atoms. The van der Waals surface area contributed by atoms with Gasteiger partial charge in [-0.3, -0.25) is 14.5 Å². The lowest BCUT2D eigenvalue weighted by molar-refractivity contribution is -0.135. The van der Waals surface area contributed by atoms with Crippen LogP contribution in [0.3, 0.4) is 0 Å². The molecule has 0 bridgehead atoms. The highest BCUT2D eigenvalue weighted by atomic mass is 16.5. The predicted molar refractivity (Wildman–Crippen MR) is 95.6 cm³/mol. The number of hydrogen-bond donors (Lipinski definition) is 2. The molecule has 1 atom stereocenters. The first-order valence-corrected chi connectivity index (χ1v) is 9.06. The van der Waals surface area contributed by atoms with Crippen molar-refractivity contribution >= 4 is 17.8 Å². The molecule has 140 valence electrons. The maximum Gasteiger partial charge on any atom is 0.325 e. The zero-order valence-electron chi connectivity index (χ0n) is 15.2. The second-order valence-electron chi connectivity index (χ2n) is 6.91. The van der Waals surface area contributed by atoms with Crippen molar-refractivity contribution in [3.63, 3.8) is 0 Å². The molecule has 7 heteroatoms. The van der Waals surface area contributed by atoms with Crippen molar-refractivity contribution in [3.05, 3.63) is 29.8 Å². The minimum Gasteiger partial charge on any atom is -0.497 e. The zero-order valence-corrected chi connectivity index (χ0v) is 15.2. The molecule has 1 saturated heterocycles. The number of rotatable bonds is 6. The van der Waals surface area contributed by atoms with Gasteiger partial charge in [-0.1, -0.05) is 31.9 Å². The van der Waals surface area contributed by atoms with Crippen LogP contribution in [0.25, 0.3) is 0 Å². The Labute approximate surface area is 153 Å². The van der Waals surface area contributed by atoms with Gasteiger partial charge in [0.25, 0.3) is 5.91 Å². The molecule has 4 amide bonds. The molecule has 7 nitrogen and oxygen atoms in total. The van der Waals surface area contributed by atoms with E-state index in [9.17, 15) is 14.4 Å². The third-order valence-electron chi connectivity index (χ3n) is 5.27. The number of nitrogens with zero attached hydrogens (tertiary/aromatic N) is 1. The van der Waals surface area contributed by atoms with Crippen LogP contribution < -0.4 is 15.4 Å². The Balaban J connectivity index is 1.63. The molecule has 0 unspecified atom stereocenters. The van der Waals surface area contributed by atoms with Crippen molar-refractivity contribution in [3.8, 4) is 5.75 Å². The van der Waals surface area contributed by atoms with Crippen LogP contribution in [-0.2, 0) is 9.59 Å². The maximum absolute atomic E-state index is 12.6. The van der Waals surface area contributed by atoms with Crippen LogP contribution in [0.2, 0.25) is 0 Å². The monoisotopic (exact) mass is 359 g/mol. The molecule has 1 aliphatic heterocycles. The van der Waals surface area contributed by atoms with Crippen LogP contribution in [0.5, 0.6) is 5.75 Å². The number of methoxy groups -OCH3 is 1. The average Bonchev–Trinajstić information content (AvgIpc) is 3.21. The summed E-state index contributed by atoms with van der Waals surface area (Å²) in [6, 6.07) is 6.82. The molecule has 1 aliphatic carbocycles. The van der Waals surface area contributed by atoms with E-state index in [1.807, 2.05) is 31.2 Å². The summed E-state index contributed by atoms with van der Waals surface area (Å²) in [6.07, 6.45) is 3.84. The highest BCUT2D eigenvalue weighted by molar-refractivity contribution is 6.09. The minimum atomic E-state index is -0.780. The van der Waals surface area contributed by atoms with Crippen molar-refractivity contribution in [1.29, 1.82) is 0 Å². The zero-order chi connectivity index (χ0) is 18.7. The summed E-state index contributed by atoms with van der Waals surface area (Å²) in [4.78, 5) is 38.3. The molecule has 1 aromatic rings. The van der Waals surface area contributed by atoms with Gasteiger partial charge >= 0.3 is 6.03 Å². The van der Waals surface area contributed by atoms with Gasteiger partial charge in [0, 0.05) is 0 Å². The highest BCUT2D eigenvalue weighted by Gasteiger charge is 2.52. The van der Waals surface area contributed by atoms with Crippen LogP contribution in [0.4, 0.5) is 4.79 Å². The molecular formula is C19H25N3O4. The van der Waals surface area contributed by atoms with Gasteiger partial charge in [0.2, 0.25) is 5.91 Å². The van der Waals surface area contributed by atoms with Crippen LogP contribution in [0, 0.1) is 0 Å². The summed E-state index contributed by atoms with van der Waals surface area (Å²) in [5.74, 6) is 0.134. The van der Waals surface area contributed by atoms with Crippen molar-refractivity contribution in [1.82, 2.24) is 15.5 Å². The third-order valence-corrected chi connectivity index (χ3v) is 5.27. The standard InChI is InChI=1S/C19H25N3O4/c1-3-15(13-6-8-14(26-2)9-7-13)20-16(23)12-22-17(24)19(21-18(22)25)10-4-5-11-19/h6-9,15H,3-5,10-12H2,1-2H3,(H,20,23)(H,21,25)/t15-/m0/s1. The molecule has 2 fully saturated rings. The molecule has 2 N–H and O–H groups in total. The Morgan fingerprint density at radius 1 is 1.27 bits per heavy atom. The summed E-state index contributed by atoms with van der Waals surface area (Å²) in [6.45, 7) is 1.72. The van der Waals surface area contributed by atoms with Gasteiger partial charge in [0.05, 0.1) is 13.2 Å². The largest absolute Gasteiger partial charge is 0.497 e. The Bertz CT molecular complexity index is 695. The second kappa shape index (κ2) is 7.35. The van der Waals surface area contributed by atoms with E-state index in [1.165, 1.54) is 0 Å². The van der Waals surface area contributed by atoms with Gasteiger partial charge in [-0.15, -0.1) is 0 Å². The fourth-order valence-corrected chi connectivity index (χ4v) is 3.78. The normalized spacial score (nSPS) is 19.5. The number of hydrogen-bond acceptors (Lipinski definition) is 4. The van der Waals surface area contributed by atoms with Crippen molar-refractivity contribution in [2.45, 2.75) is 50.6 Å². The smallest absolute Gasteiger partial charge is 0.325 e. The van der Waals surface area contributed by atoms with Crippen LogP contribution in [0.15, 0.2) is 24.3 Å². The summed E-state index contributed by atoms with van der Waals surface area (Å²) in [5, 5.41) is 5.70. The SMILES string of the molecule is CC[C@H](NC(=O)CN1C(=O)NC2(CCCC2)C1=O)c1ccc(OC)cc1. The minimum absolute atomic E-state index is 0.186. The number of carbonyl (C=O) groups excluding carboxylic acids is 3. The summed E-state index contributed by atoms with van der Waals surface area (Å²) in [7, 11) is 1.60. The first-order valence-electron chi connectivity index (χ1n) is 9.06. The van der Waals surface area contributed by atoms with Gasteiger partial charge in [-0.05, 0) is 37.0 Å². The lowest BCUT2D eigenvalue weighted by Crippen LogP contribution is -2.45. The number of benzene rings is 1. The first-order chi connectivity index (χ1) is 12.5. The predicted octanol–water partition coefficient (Wildman–Crippen LogP) is 2.13. The molecule has 1 aromatic carbocycles. The molecule has 3 rings (SSSR count). The van der Waals surface area contributed by atoms with E-state index >= 15 is 0 Å². The number of urea groups is 1. The Hall–Kier alpha value is -2.57. The van der Waals surface area contributed by atoms with E-state index in [0.717, 1.165) is 29.1 Å². The topological polar surface area (TPSA) is 87.7 Å². The maximum atomic E-state index is 12.6. The fraction of sp³-hybridized carbons (Fsp3) is 0.526. The molecule has 2 aliphatic rings. The second-order valence-corrected chi connectivity index (χ2v) is 6.91. The Morgan fingerprint density at radius 2 is 1.92 bits per heavy atom. The van der Waals surface area contributed by atoms with Crippen LogP contribution >= 0.6 is 0 Å². The van der Waals surface area contributed by atoms with E-state index in [4.69, 9.17) is 4.74 Å². The quantitative estimate of drug-likeness (QED) is 0.762. The summed E-state index contributed by atoms with van der Waals surface area (Å²) in [5.41, 5.74) is 0.170. The van der Waals surface area contributed by atoms with Crippen molar-refractivity contribution in [2.24, 2.45) is 0 Å².